The third-order valence-electron chi connectivity index (χ3n) is 5.01. The number of carbonyl (C=O) groups excluding carboxylic acids is 4. The zero-order valence-electron chi connectivity index (χ0n) is 16.2. The van der Waals surface area contributed by atoms with Gasteiger partial charge < -0.3 is 29.9 Å². The summed E-state index contributed by atoms with van der Waals surface area (Å²) in [5.41, 5.74) is -11.1. The van der Waals surface area contributed by atoms with Gasteiger partial charge in [0, 0.05) is 6.92 Å². The normalized spacial score (nSPS) is 36.7. The molecule has 1 fully saturated rings. The predicted octanol–water partition coefficient (Wildman–Crippen LogP) is -1.01. The molecule has 1 heterocycles. The Labute approximate surface area is 185 Å². The molecule has 11 nitrogen and oxygen atoms in total. The molecule has 1 rings (SSSR count). The number of hydrogen-bond acceptors (Lipinski definition) is 11. The maximum atomic E-state index is 12.6. The van der Waals surface area contributed by atoms with Gasteiger partial charge in [0.2, 0.25) is 22.9 Å². The van der Waals surface area contributed by atoms with Crippen molar-refractivity contribution in [3.8, 4) is 0 Å². The summed E-state index contributed by atoms with van der Waals surface area (Å²) in [4.78, 5) is 49.9. The fourth-order valence-corrected chi connectivity index (χ4v) is 3.60. The Bertz CT molecular complexity index is 814. The molecule has 1 unspecified atom stereocenters. The van der Waals surface area contributed by atoms with Crippen molar-refractivity contribution < 1.29 is 49.1 Å². The summed E-state index contributed by atoms with van der Waals surface area (Å²) < 4.78 is 7.41. The van der Waals surface area contributed by atoms with E-state index in [0.717, 1.165) is 0 Å². The van der Waals surface area contributed by atoms with Crippen LogP contribution in [0.15, 0.2) is 0 Å². The van der Waals surface area contributed by atoms with Crippen LogP contribution >= 0.6 is 34.8 Å². The molecule has 0 spiro atoms. The number of ketones is 4. The number of aliphatic hydroxyl groups excluding tert-OH is 1. The first-order valence-corrected chi connectivity index (χ1v) is 9.30. The molecular formula is C16H20Cl3NO10. The minimum Gasteiger partial charge on any atom is -0.434 e. The Morgan fingerprint density at radius 2 is 1.37 bits per heavy atom. The Hall–Kier alpha value is -1.18. The summed E-state index contributed by atoms with van der Waals surface area (Å²) in [6, 6.07) is 0. The Morgan fingerprint density at radius 3 is 1.63 bits per heavy atom. The molecule has 5 N–H and O–H groups in total. The number of aliphatic hydroxyl groups is 4. The van der Waals surface area contributed by atoms with E-state index in [1.807, 2.05) is 0 Å². The Kier molecular flexibility index (Phi) is 7.22. The highest BCUT2D eigenvalue weighted by Crippen LogP contribution is 2.52. The standard InChI is InChI=1S/C16H20Cl3NO10/c1-6(22)12(26)10(5-21)29-15(9(4)25,30-11(20)16(17,18)19)14(28,8(3)24)13(12,27)7(2)23/h10,20-21,26-28H,5H2,1-4H3/t10-,12-,13+,14+,15?/m1/s1. The summed E-state index contributed by atoms with van der Waals surface area (Å²) in [7, 11) is 0. The smallest absolute Gasteiger partial charge is 0.312 e. The van der Waals surface area contributed by atoms with Crippen LogP contribution in [0.3, 0.4) is 0 Å². The van der Waals surface area contributed by atoms with Crippen molar-refractivity contribution in [2.24, 2.45) is 0 Å². The summed E-state index contributed by atoms with van der Waals surface area (Å²) in [5, 5.41) is 50.9. The first-order valence-electron chi connectivity index (χ1n) is 8.17. The molecule has 170 valence electrons. The second-order valence-electron chi connectivity index (χ2n) is 6.75. The molecule has 0 aromatic heterocycles. The molecule has 14 heteroatoms. The number of hydrogen-bond donors (Lipinski definition) is 5. The van der Waals surface area contributed by atoms with Crippen LogP contribution in [-0.2, 0) is 28.7 Å². The fraction of sp³-hybridized carbons (Fsp3) is 0.688. The molecule has 0 amide bonds. The van der Waals surface area contributed by atoms with Gasteiger partial charge in [0.1, 0.15) is 6.10 Å². The molecule has 0 saturated carbocycles. The largest absolute Gasteiger partial charge is 0.434 e. The topological polar surface area (TPSA) is 192 Å². The van der Waals surface area contributed by atoms with Crippen LogP contribution in [0.5, 0.6) is 0 Å². The van der Waals surface area contributed by atoms with Gasteiger partial charge >= 0.3 is 5.79 Å². The third-order valence-corrected chi connectivity index (χ3v) is 5.53. The Balaban J connectivity index is 4.17. The van der Waals surface area contributed by atoms with Crippen LogP contribution in [-0.4, -0.2) is 88.6 Å². The lowest BCUT2D eigenvalue weighted by Crippen LogP contribution is -2.91. The Morgan fingerprint density at radius 1 is 0.933 bits per heavy atom. The van der Waals surface area contributed by atoms with E-state index in [2.05, 4.69) is 0 Å². The van der Waals surface area contributed by atoms with E-state index in [1.54, 1.807) is 0 Å². The quantitative estimate of drug-likeness (QED) is 0.174. The predicted molar refractivity (Wildman–Crippen MR) is 101 cm³/mol. The third kappa shape index (κ3) is 3.28. The summed E-state index contributed by atoms with van der Waals surface area (Å²) in [6.45, 7) is 1.18. The highest BCUT2D eigenvalue weighted by molar-refractivity contribution is 6.76. The molecule has 0 aliphatic carbocycles. The molecule has 0 radical (unpaired) electrons. The average molecular weight is 493 g/mol. The van der Waals surface area contributed by atoms with Gasteiger partial charge in [-0.2, -0.15) is 0 Å². The second-order valence-corrected chi connectivity index (χ2v) is 9.03. The minimum atomic E-state index is -3.84. The monoisotopic (exact) mass is 491 g/mol. The van der Waals surface area contributed by atoms with Crippen molar-refractivity contribution in [2.75, 3.05) is 6.61 Å². The van der Waals surface area contributed by atoms with Crippen LogP contribution in [0.2, 0.25) is 0 Å². The maximum absolute atomic E-state index is 12.6. The second kappa shape index (κ2) is 8.06. The lowest BCUT2D eigenvalue weighted by molar-refractivity contribution is -0.386. The van der Waals surface area contributed by atoms with Crippen LogP contribution in [0.4, 0.5) is 0 Å². The molecule has 30 heavy (non-hydrogen) atoms. The van der Waals surface area contributed by atoms with Crippen molar-refractivity contribution in [3.63, 3.8) is 0 Å². The van der Waals surface area contributed by atoms with Gasteiger partial charge in [-0.15, -0.1) is 0 Å². The molecule has 0 aromatic rings. The van der Waals surface area contributed by atoms with Gasteiger partial charge in [0.05, 0.1) is 6.61 Å². The van der Waals surface area contributed by atoms with E-state index in [1.165, 1.54) is 0 Å². The lowest BCUT2D eigenvalue weighted by atomic mass is 9.57. The first-order chi connectivity index (χ1) is 13.3. The van der Waals surface area contributed by atoms with Crippen molar-refractivity contribution in [3.05, 3.63) is 0 Å². The summed E-state index contributed by atoms with van der Waals surface area (Å²) >= 11 is 16.6. The lowest BCUT2D eigenvalue weighted by Gasteiger charge is -2.60. The molecule has 5 atom stereocenters. The van der Waals surface area contributed by atoms with Crippen LogP contribution in [0, 0.1) is 5.41 Å². The molecular weight excluding hydrogens is 473 g/mol. The van der Waals surface area contributed by atoms with Crippen LogP contribution in [0.1, 0.15) is 27.7 Å². The van der Waals surface area contributed by atoms with E-state index in [9.17, 15) is 39.6 Å². The summed E-state index contributed by atoms with van der Waals surface area (Å²) in [5.74, 6) is -10.9. The van der Waals surface area contributed by atoms with E-state index in [4.69, 9.17) is 49.7 Å². The van der Waals surface area contributed by atoms with Crippen molar-refractivity contribution in [1.29, 1.82) is 5.41 Å². The minimum absolute atomic E-state index is 0.580. The zero-order valence-corrected chi connectivity index (χ0v) is 18.4. The van der Waals surface area contributed by atoms with Gasteiger partial charge in [-0.05, 0) is 20.8 Å². The highest BCUT2D eigenvalue weighted by Gasteiger charge is 2.85. The van der Waals surface area contributed by atoms with Crippen molar-refractivity contribution in [2.45, 2.75) is 60.2 Å². The molecule has 1 saturated heterocycles. The van der Waals surface area contributed by atoms with Gasteiger partial charge in [0.15, 0.2) is 23.0 Å². The van der Waals surface area contributed by atoms with E-state index in [-0.39, 0.29) is 0 Å². The molecule has 0 bridgehead atoms. The average Bonchev–Trinajstić information content (AvgIpc) is 2.60. The van der Waals surface area contributed by atoms with Gasteiger partial charge in [0.25, 0.3) is 3.79 Å². The van der Waals surface area contributed by atoms with Gasteiger partial charge in [-0.1, -0.05) is 34.8 Å². The number of alkyl halides is 3. The fourth-order valence-electron chi connectivity index (χ4n) is 3.49. The van der Waals surface area contributed by atoms with E-state index >= 15 is 0 Å². The number of halogens is 3. The van der Waals surface area contributed by atoms with Crippen LogP contribution in [0.25, 0.3) is 0 Å². The molecule has 0 aromatic carbocycles. The number of Topliss-reactive ketones (excluding diaryl/α,β-unsaturated/α-hetero) is 4. The number of rotatable bonds is 6. The van der Waals surface area contributed by atoms with Gasteiger partial charge in [-0.3, -0.25) is 24.6 Å². The van der Waals surface area contributed by atoms with E-state index < -0.39 is 68.1 Å². The summed E-state index contributed by atoms with van der Waals surface area (Å²) in [6.07, 6.45) is -2.31. The number of carbonyl (C=O) groups is 4. The molecule has 1 aliphatic rings. The molecule has 1 aliphatic heterocycles. The zero-order chi connectivity index (χ0) is 24.1. The van der Waals surface area contributed by atoms with Crippen molar-refractivity contribution in [1.82, 2.24) is 0 Å². The number of ether oxygens (including phenoxy) is 2. The highest BCUT2D eigenvalue weighted by atomic mass is 35.6. The van der Waals surface area contributed by atoms with E-state index in [0.29, 0.717) is 27.7 Å². The maximum Gasteiger partial charge on any atom is 0.312 e. The van der Waals surface area contributed by atoms with Crippen LogP contribution < -0.4 is 0 Å². The number of nitrogens with one attached hydrogen (secondary N) is 1. The first kappa shape index (κ1) is 26.9. The SMILES string of the molecule is CC(=O)C1(OC(=N)C(Cl)(Cl)Cl)O[C@H](CO)[C@](O)(C(C)=O)[C@@](O)(C(C)=O)[C@@]1(O)C(C)=O. The van der Waals surface area contributed by atoms with Crippen molar-refractivity contribution >= 4 is 63.8 Å². The van der Waals surface area contributed by atoms with Gasteiger partial charge in [-0.25, -0.2) is 0 Å².